The number of nitrogens with zero attached hydrogens (tertiary/aromatic N) is 6. The smallest absolute Gasteiger partial charge is 0.282 e. The van der Waals surface area contributed by atoms with Gasteiger partial charge >= 0.3 is 0 Å². The zero-order chi connectivity index (χ0) is 26.5. The van der Waals surface area contributed by atoms with E-state index in [1.54, 1.807) is 34.9 Å². The van der Waals surface area contributed by atoms with E-state index in [0.717, 1.165) is 24.3 Å². The second-order valence-corrected chi connectivity index (χ2v) is 10.1. The van der Waals surface area contributed by atoms with E-state index in [0.29, 0.717) is 43.5 Å². The summed E-state index contributed by atoms with van der Waals surface area (Å²) in [5.41, 5.74) is 1.12. The highest BCUT2D eigenvalue weighted by atomic mass is 32.2. The first kappa shape index (κ1) is 25.3. The summed E-state index contributed by atoms with van der Waals surface area (Å²) in [6, 6.07) is 24.5. The summed E-state index contributed by atoms with van der Waals surface area (Å²) in [6.45, 7) is 2.21. The lowest BCUT2D eigenvalue weighted by atomic mass is 9.97. The van der Waals surface area contributed by atoms with Gasteiger partial charge in [-0.15, -0.1) is 10.2 Å². The third-order valence-corrected chi connectivity index (χ3v) is 7.34. The number of aromatic nitrogens is 3. The predicted molar refractivity (Wildman–Crippen MR) is 139 cm³/mol. The lowest BCUT2D eigenvalue weighted by Gasteiger charge is -2.28. The van der Waals surface area contributed by atoms with Gasteiger partial charge in [0.15, 0.2) is 5.82 Å². The summed E-state index contributed by atoms with van der Waals surface area (Å²) in [7, 11) is -4.29. The second-order valence-electron chi connectivity index (χ2n) is 8.46. The van der Waals surface area contributed by atoms with Crippen molar-refractivity contribution in [3.8, 4) is 11.8 Å². The number of morpholine rings is 1. The highest BCUT2D eigenvalue weighted by Gasteiger charge is 2.31. The van der Waals surface area contributed by atoms with Crippen molar-refractivity contribution in [2.75, 3.05) is 31.2 Å². The van der Waals surface area contributed by atoms with Gasteiger partial charge in [0.2, 0.25) is 5.95 Å². The van der Waals surface area contributed by atoms with Crippen LogP contribution in [-0.4, -0.2) is 55.2 Å². The third kappa shape index (κ3) is 5.18. The van der Waals surface area contributed by atoms with E-state index >= 15 is 0 Å². The van der Waals surface area contributed by atoms with Crippen LogP contribution in [0.1, 0.15) is 17.3 Å². The van der Waals surface area contributed by atoms with Gasteiger partial charge in [-0.2, -0.15) is 18.1 Å². The van der Waals surface area contributed by atoms with Crippen LogP contribution in [0.4, 0.5) is 10.3 Å². The fraction of sp³-hybridized carbons (Fsp3) is 0.185. The van der Waals surface area contributed by atoms with Gasteiger partial charge in [0.05, 0.1) is 35.6 Å². The fourth-order valence-corrected chi connectivity index (χ4v) is 5.23. The molecule has 0 saturated carbocycles. The molecule has 1 saturated heterocycles. The van der Waals surface area contributed by atoms with Gasteiger partial charge < -0.3 is 9.64 Å². The first-order chi connectivity index (χ1) is 18.5. The summed E-state index contributed by atoms with van der Waals surface area (Å²) in [6.07, 6.45) is 0. The maximum Gasteiger partial charge on any atom is 0.282 e. The van der Waals surface area contributed by atoms with E-state index in [1.807, 2.05) is 35.2 Å². The standard InChI is InChI=1S/C27H23FN6O3S/c28-21-11-13-23(14-12-21)38(35,36)32-25(20-7-3-1-4-8-20)24(19-29)26-30-31-27(33-15-17-37-18-16-33)34(26)22-9-5-2-6-10-22/h1-14,24H,15-18H2. The Morgan fingerprint density at radius 3 is 2.21 bits per heavy atom. The molecule has 1 aromatic heterocycles. The molecule has 0 spiro atoms. The van der Waals surface area contributed by atoms with Crippen LogP contribution in [0.15, 0.2) is 94.2 Å². The summed E-state index contributed by atoms with van der Waals surface area (Å²) >= 11 is 0. The molecule has 1 fully saturated rings. The Morgan fingerprint density at radius 1 is 0.947 bits per heavy atom. The molecule has 1 aliphatic heterocycles. The van der Waals surface area contributed by atoms with Crippen LogP contribution in [0.2, 0.25) is 0 Å². The van der Waals surface area contributed by atoms with Crippen LogP contribution in [0, 0.1) is 17.1 Å². The minimum atomic E-state index is -4.29. The molecule has 192 valence electrons. The number of rotatable bonds is 7. The van der Waals surface area contributed by atoms with Crippen LogP contribution in [0.5, 0.6) is 0 Å². The Bertz CT molecular complexity index is 1580. The molecular weight excluding hydrogens is 507 g/mol. The average molecular weight is 531 g/mol. The molecule has 1 unspecified atom stereocenters. The van der Waals surface area contributed by atoms with Crippen molar-refractivity contribution in [3.05, 3.63) is 102 Å². The Balaban J connectivity index is 1.69. The van der Waals surface area contributed by atoms with Gasteiger partial charge in [-0.1, -0.05) is 48.5 Å². The topological polar surface area (TPSA) is 113 Å². The number of hydrogen-bond acceptors (Lipinski definition) is 7. The Kier molecular flexibility index (Phi) is 7.26. The van der Waals surface area contributed by atoms with Crippen molar-refractivity contribution in [1.29, 1.82) is 5.26 Å². The zero-order valence-corrected chi connectivity index (χ0v) is 21.0. The van der Waals surface area contributed by atoms with Crippen molar-refractivity contribution >= 4 is 21.7 Å². The normalized spacial score (nSPS) is 15.2. The number of anilines is 1. The lowest BCUT2D eigenvalue weighted by Crippen LogP contribution is -2.38. The van der Waals surface area contributed by atoms with Crippen molar-refractivity contribution in [2.45, 2.75) is 10.8 Å². The monoisotopic (exact) mass is 530 g/mol. The quantitative estimate of drug-likeness (QED) is 0.335. The highest BCUT2D eigenvalue weighted by molar-refractivity contribution is 7.90. The number of para-hydroxylation sites is 1. The van der Waals surface area contributed by atoms with Crippen molar-refractivity contribution < 1.29 is 17.5 Å². The average Bonchev–Trinajstić information content (AvgIpc) is 3.39. The molecule has 0 aliphatic carbocycles. The first-order valence-corrected chi connectivity index (χ1v) is 13.3. The number of nitriles is 1. The van der Waals surface area contributed by atoms with Crippen LogP contribution in [0.3, 0.4) is 0 Å². The van der Waals surface area contributed by atoms with E-state index in [9.17, 15) is 18.1 Å². The molecule has 1 aliphatic rings. The van der Waals surface area contributed by atoms with Gasteiger partial charge in [-0.05, 0) is 42.0 Å². The van der Waals surface area contributed by atoms with Crippen molar-refractivity contribution in [3.63, 3.8) is 0 Å². The fourth-order valence-electron chi connectivity index (χ4n) is 4.18. The van der Waals surface area contributed by atoms with Gasteiger partial charge in [0, 0.05) is 13.1 Å². The summed E-state index contributed by atoms with van der Waals surface area (Å²) in [4.78, 5) is 1.82. The summed E-state index contributed by atoms with van der Waals surface area (Å²) < 4.78 is 51.4. The summed E-state index contributed by atoms with van der Waals surface area (Å²) in [5, 5.41) is 19.2. The molecule has 0 bridgehead atoms. The van der Waals surface area contributed by atoms with Crippen molar-refractivity contribution in [1.82, 2.24) is 14.8 Å². The van der Waals surface area contributed by atoms with Crippen LogP contribution >= 0.6 is 0 Å². The number of ether oxygens (including phenoxy) is 1. The van der Waals surface area contributed by atoms with E-state index in [4.69, 9.17) is 4.74 Å². The van der Waals surface area contributed by atoms with E-state index in [2.05, 4.69) is 20.7 Å². The first-order valence-electron chi connectivity index (χ1n) is 11.9. The molecule has 0 radical (unpaired) electrons. The number of halogens is 1. The summed E-state index contributed by atoms with van der Waals surface area (Å²) in [5.74, 6) is -1.03. The molecule has 11 heteroatoms. The molecule has 2 heterocycles. The molecule has 0 N–H and O–H groups in total. The molecule has 5 rings (SSSR count). The van der Waals surface area contributed by atoms with Crippen molar-refractivity contribution in [2.24, 2.45) is 4.40 Å². The minimum absolute atomic E-state index is 0.0180. The Morgan fingerprint density at radius 2 is 1.58 bits per heavy atom. The number of benzene rings is 3. The SMILES string of the molecule is N#CC(C(=NS(=O)(=O)c1ccc(F)cc1)c1ccccc1)c1nnc(N2CCOCC2)n1-c1ccccc1. The van der Waals surface area contributed by atoms with Gasteiger partial charge in [-0.25, -0.2) is 4.39 Å². The van der Waals surface area contributed by atoms with Crippen LogP contribution in [0.25, 0.3) is 5.69 Å². The molecule has 4 aromatic rings. The maximum atomic E-state index is 13.5. The molecule has 38 heavy (non-hydrogen) atoms. The second kappa shape index (κ2) is 10.9. The minimum Gasteiger partial charge on any atom is -0.378 e. The Labute approximate surface area is 219 Å². The van der Waals surface area contributed by atoms with Crippen LogP contribution < -0.4 is 4.90 Å². The van der Waals surface area contributed by atoms with Crippen LogP contribution in [-0.2, 0) is 14.8 Å². The van der Waals surface area contributed by atoms with Gasteiger partial charge in [-0.3, -0.25) is 4.57 Å². The van der Waals surface area contributed by atoms with Gasteiger partial charge in [0.1, 0.15) is 11.7 Å². The maximum absolute atomic E-state index is 13.5. The largest absolute Gasteiger partial charge is 0.378 e. The number of hydrogen-bond donors (Lipinski definition) is 0. The number of sulfonamides is 1. The van der Waals surface area contributed by atoms with E-state index in [-0.39, 0.29) is 16.4 Å². The van der Waals surface area contributed by atoms with E-state index in [1.165, 1.54) is 0 Å². The van der Waals surface area contributed by atoms with E-state index < -0.39 is 21.8 Å². The highest BCUT2D eigenvalue weighted by Crippen LogP contribution is 2.29. The zero-order valence-electron chi connectivity index (χ0n) is 20.2. The molecule has 0 amide bonds. The van der Waals surface area contributed by atoms with Gasteiger partial charge in [0.25, 0.3) is 10.0 Å². The third-order valence-electron chi connectivity index (χ3n) is 6.04. The Hall–Kier alpha value is -4.40. The molecule has 1 atom stereocenters. The molecule has 9 nitrogen and oxygen atoms in total. The molecule has 3 aromatic carbocycles. The lowest BCUT2D eigenvalue weighted by molar-refractivity contribution is 0.122. The predicted octanol–water partition coefficient (Wildman–Crippen LogP) is 3.73. The molecular formula is C27H23FN6O3S.